The Bertz CT molecular complexity index is 582. The Balaban J connectivity index is 1.63. The Hall–Kier alpha value is -1.95. The summed E-state index contributed by atoms with van der Waals surface area (Å²) < 4.78 is 5.11. The van der Waals surface area contributed by atoms with Crippen molar-refractivity contribution in [3.63, 3.8) is 0 Å². The quantitative estimate of drug-likeness (QED) is 0.840. The number of rotatable bonds is 4. The Morgan fingerprint density at radius 1 is 1.21 bits per heavy atom. The van der Waals surface area contributed by atoms with Crippen LogP contribution in [0.25, 0.3) is 0 Å². The average Bonchev–Trinajstić information content (AvgIpc) is 2.64. The fourth-order valence-corrected chi connectivity index (χ4v) is 3.85. The van der Waals surface area contributed by atoms with Crippen LogP contribution in [0.5, 0.6) is 0 Å². The average molecular weight is 331 g/mol. The highest BCUT2D eigenvalue weighted by Gasteiger charge is 2.46. The van der Waals surface area contributed by atoms with E-state index in [0.29, 0.717) is 31.8 Å². The van der Waals surface area contributed by atoms with Gasteiger partial charge >= 0.3 is 0 Å². The SMILES string of the molecule is COCCN1CCCC2(CCN(C(=O)c3ccncc3)CC2)C1=O. The van der Waals surface area contributed by atoms with E-state index in [2.05, 4.69) is 4.98 Å². The van der Waals surface area contributed by atoms with E-state index in [0.717, 1.165) is 32.2 Å². The molecule has 0 aliphatic carbocycles. The van der Waals surface area contributed by atoms with E-state index in [9.17, 15) is 9.59 Å². The van der Waals surface area contributed by atoms with Gasteiger partial charge in [0.1, 0.15) is 0 Å². The molecule has 24 heavy (non-hydrogen) atoms. The molecule has 0 saturated carbocycles. The number of hydrogen-bond donors (Lipinski definition) is 0. The molecule has 1 spiro atoms. The Morgan fingerprint density at radius 2 is 1.92 bits per heavy atom. The highest BCUT2D eigenvalue weighted by molar-refractivity contribution is 5.94. The minimum Gasteiger partial charge on any atom is -0.383 e. The third kappa shape index (κ3) is 3.29. The zero-order valence-corrected chi connectivity index (χ0v) is 14.2. The van der Waals surface area contributed by atoms with Gasteiger partial charge in [-0.05, 0) is 37.8 Å². The molecule has 0 atom stereocenters. The fraction of sp³-hybridized carbons (Fsp3) is 0.611. The van der Waals surface area contributed by atoms with Crippen molar-refractivity contribution in [1.82, 2.24) is 14.8 Å². The summed E-state index contributed by atoms with van der Waals surface area (Å²) in [6.45, 7) is 3.35. The number of nitrogens with zero attached hydrogens (tertiary/aromatic N) is 3. The molecule has 3 rings (SSSR count). The van der Waals surface area contributed by atoms with E-state index in [1.807, 2.05) is 9.80 Å². The number of methoxy groups -OCH3 is 1. The largest absolute Gasteiger partial charge is 0.383 e. The fourth-order valence-electron chi connectivity index (χ4n) is 3.85. The smallest absolute Gasteiger partial charge is 0.253 e. The van der Waals surface area contributed by atoms with E-state index in [4.69, 9.17) is 4.74 Å². The molecular formula is C18H25N3O3. The lowest BCUT2D eigenvalue weighted by atomic mass is 9.71. The van der Waals surface area contributed by atoms with Crippen LogP contribution in [0.2, 0.25) is 0 Å². The van der Waals surface area contributed by atoms with Crippen LogP contribution in [-0.4, -0.2) is 66.5 Å². The second kappa shape index (κ2) is 7.30. The topological polar surface area (TPSA) is 62.7 Å². The van der Waals surface area contributed by atoms with Gasteiger partial charge in [-0.15, -0.1) is 0 Å². The minimum atomic E-state index is -0.277. The Labute approximate surface area is 142 Å². The molecule has 6 heteroatoms. The molecule has 0 radical (unpaired) electrons. The number of aromatic nitrogens is 1. The molecule has 2 amide bonds. The van der Waals surface area contributed by atoms with Gasteiger partial charge in [0.2, 0.25) is 5.91 Å². The third-order valence-corrected chi connectivity index (χ3v) is 5.32. The molecule has 0 unspecified atom stereocenters. The maximum Gasteiger partial charge on any atom is 0.253 e. The molecule has 2 saturated heterocycles. The van der Waals surface area contributed by atoms with Gasteiger partial charge in [-0.25, -0.2) is 0 Å². The van der Waals surface area contributed by atoms with Crippen molar-refractivity contribution in [2.45, 2.75) is 25.7 Å². The predicted octanol–water partition coefficient (Wildman–Crippen LogP) is 1.57. The third-order valence-electron chi connectivity index (χ3n) is 5.32. The van der Waals surface area contributed by atoms with Crippen molar-refractivity contribution in [3.05, 3.63) is 30.1 Å². The summed E-state index contributed by atoms with van der Waals surface area (Å²) in [4.78, 5) is 33.2. The first-order chi connectivity index (χ1) is 11.7. The van der Waals surface area contributed by atoms with Gasteiger partial charge in [0.05, 0.1) is 12.0 Å². The van der Waals surface area contributed by atoms with E-state index in [1.165, 1.54) is 0 Å². The van der Waals surface area contributed by atoms with Crippen LogP contribution in [-0.2, 0) is 9.53 Å². The summed E-state index contributed by atoms with van der Waals surface area (Å²) in [6.07, 6.45) is 6.76. The van der Waals surface area contributed by atoms with Gasteiger partial charge in [0.25, 0.3) is 5.91 Å². The summed E-state index contributed by atoms with van der Waals surface area (Å²) in [5, 5.41) is 0. The summed E-state index contributed by atoms with van der Waals surface area (Å²) in [6, 6.07) is 3.48. The van der Waals surface area contributed by atoms with Crippen LogP contribution >= 0.6 is 0 Å². The minimum absolute atomic E-state index is 0.0340. The van der Waals surface area contributed by atoms with E-state index < -0.39 is 0 Å². The molecule has 1 aromatic rings. The highest BCUT2D eigenvalue weighted by atomic mass is 16.5. The summed E-state index contributed by atoms with van der Waals surface area (Å²) in [5.41, 5.74) is 0.388. The molecule has 1 aromatic heterocycles. The van der Waals surface area contributed by atoms with Crippen molar-refractivity contribution >= 4 is 11.8 Å². The zero-order valence-electron chi connectivity index (χ0n) is 14.2. The Kier molecular flexibility index (Phi) is 5.14. The molecular weight excluding hydrogens is 306 g/mol. The molecule has 2 fully saturated rings. The first-order valence-corrected chi connectivity index (χ1v) is 8.64. The van der Waals surface area contributed by atoms with Crippen LogP contribution in [0.3, 0.4) is 0 Å². The maximum absolute atomic E-state index is 12.9. The molecule has 0 bridgehead atoms. The maximum atomic E-state index is 12.9. The number of carbonyl (C=O) groups excluding carboxylic acids is 2. The molecule has 2 aliphatic rings. The van der Waals surface area contributed by atoms with Crippen molar-refractivity contribution in [2.75, 3.05) is 39.9 Å². The van der Waals surface area contributed by atoms with Crippen molar-refractivity contribution < 1.29 is 14.3 Å². The molecule has 2 aliphatic heterocycles. The number of hydrogen-bond acceptors (Lipinski definition) is 4. The molecule has 0 N–H and O–H groups in total. The predicted molar refractivity (Wildman–Crippen MR) is 89.5 cm³/mol. The van der Waals surface area contributed by atoms with Gasteiger partial charge in [-0.2, -0.15) is 0 Å². The standard InChI is InChI=1S/C18H25N3O3/c1-24-14-13-21-10-2-5-18(17(21)23)6-11-20(12-7-18)16(22)15-3-8-19-9-4-15/h3-4,8-9H,2,5-7,10-14H2,1H3. The van der Waals surface area contributed by atoms with Gasteiger partial charge in [-0.1, -0.05) is 0 Å². The number of carbonyl (C=O) groups is 2. The number of amides is 2. The number of ether oxygens (including phenoxy) is 1. The summed E-state index contributed by atoms with van der Waals surface area (Å²) in [5.74, 6) is 0.286. The number of pyridine rings is 1. The van der Waals surface area contributed by atoms with E-state index in [1.54, 1.807) is 31.6 Å². The molecule has 3 heterocycles. The normalized spacial score (nSPS) is 20.5. The van der Waals surface area contributed by atoms with E-state index >= 15 is 0 Å². The van der Waals surface area contributed by atoms with Gasteiger partial charge in [-0.3, -0.25) is 14.6 Å². The number of likely N-dealkylation sites (tertiary alicyclic amines) is 2. The van der Waals surface area contributed by atoms with Crippen molar-refractivity contribution in [2.24, 2.45) is 5.41 Å². The molecule has 6 nitrogen and oxygen atoms in total. The molecule has 130 valence electrons. The van der Waals surface area contributed by atoms with Crippen molar-refractivity contribution in [1.29, 1.82) is 0 Å². The van der Waals surface area contributed by atoms with Crippen LogP contribution in [0.4, 0.5) is 0 Å². The van der Waals surface area contributed by atoms with Crippen LogP contribution in [0.1, 0.15) is 36.0 Å². The molecule has 0 aromatic carbocycles. The van der Waals surface area contributed by atoms with Gasteiger partial charge < -0.3 is 14.5 Å². The summed E-state index contributed by atoms with van der Waals surface area (Å²) in [7, 11) is 1.66. The second-order valence-electron chi connectivity index (χ2n) is 6.70. The lowest BCUT2D eigenvalue weighted by Gasteiger charge is -2.46. The first-order valence-electron chi connectivity index (χ1n) is 8.64. The van der Waals surface area contributed by atoms with E-state index in [-0.39, 0.29) is 17.2 Å². The zero-order chi connectivity index (χ0) is 17.0. The first kappa shape index (κ1) is 16.9. The van der Waals surface area contributed by atoms with Gasteiger partial charge in [0.15, 0.2) is 0 Å². The van der Waals surface area contributed by atoms with Crippen molar-refractivity contribution in [3.8, 4) is 0 Å². The monoisotopic (exact) mass is 331 g/mol. The van der Waals surface area contributed by atoms with Crippen LogP contribution < -0.4 is 0 Å². The lowest BCUT2D eigenvalue weighted by molar-refractivity contribution is -0.150. The highest BCUT2D eigenvalue weighted by Crippen LogP contribution is 2.41. The van der Waals surface area contributed by atoms with Crippen LogP contribution in [0.15, 0.2) is 24.5 Å². The second-order valence-corrected chi connectivity index (χ2v) is 6.70. The van der Waals surface area contributed by atoms with Gasteiger partial charge in [0, 0.05) is 51.2 Å². The summed E-state index contributed by atoms with van der Waals surface area (Å²) >= 11 is 0. The van der Waals surface area contributed by atoms with Crippen LogP contribution in [0, 0.1) is 5.41 Å². The Morgan fingerprint density at radius 3 is 2.58 bits per heavy atom. The number of piperidine rings is 2. The lowest BCUT2D eigenvalue weighted by Crippen LogP contribution is -2.54.